The quantitative estimate of drug-likeness (QED) is 0.430. The van der Waals surface area contributed by atoms with Crippen molar-refractivity contribution in [3.05, 3.63) is 35.4 Å². The van der Waals surface area contributed by atoms with Gasteiger partial charge in [-0.1, -0.05) is 12.1 Å². The van der Waals surface area contributed by atoms with Gasteiger partial charge in [0, 0.05) is 24.8 Å². The third-order valence-electron chi connectivity index (χ3n) is 2.77. The van der Waals surface area contributed by atoms with Gasteiger partial charge in [0.25, 0.3) is 0 Å². The summed E-state index contributed by atoms with van der Waals surface area (Å²) in [4.78, 5) is 33.5. The number of aldehydes is 1. The summed E-state index contributed by atoms with van der Waals surface area (Å²) in [6, 6.07) is 8.21. The molecule has 0 radical (unpaired) electrons. The molecule has 0 amide bonds. The molecule has 1 unspecified atom stereocenters. The number of benzene rings is 1. The normalized spacial score (nSPS) is 11.2. The third-order valence-corrected chi connectivity index (χ3v) is 2.77. The van der Waals surface area contributed by atoms with Crippen molar-refractivity contribution >= 4 is 18.0 Å². The fourth-order valence-corrected chi connectivity index (χ4v) is 1.66. The van der Waals surface area contributed by atoms with Gasteiger partial charge in [-0.05, 0) is 18.6 Å². The average Bonchev–Trinajstić information content (AvgIpc) is 2.45. The minimum atomic E-state index is -0.475. The van der Waals surface area contributed by atoms with E-state index in [9.17, 15) is 14.4 Å². The van der Waals surface area contributed by atoms with E-state index in [2.05, 4.69) is 0 Å². The number of carbonyl (C=O) groups excluding carboxylic acids is 3. The van der Waals surface area contributed by atoms with E-state index >= 15 is 0 Å². The molecule has 5 nitrogen and oxygen atoms in total. The zero-order valence-electron chi connectivity index (χ0n) is 11.2. The van der Waals surface area contributed by atoms with Crippen LogP contribution in [0.25, 0.3) is 0 Å². The summed E-state index contributed by atoms with van der Waals surface area (Å²) in [5, 5.41) is 8.67. The van der Waals surface area contributed by atoms with Gasteiger partial charge in [0.05, 0.1) is 18.2 Å². The number of esters is 1. The number of ketones is 1. The molecule has 0 aliphatic heterocycles. The van der Waals surface area contributed by atoms with Crippen LogP contribution in [-0.2, 0) is 14.3 Å². The van der Waals surface area contributed by atoms with Crippen LogP contribution < -0.4 is 0 Å². The Bertz CT molecular complexity index is 528. The molecule has 1 rings (SSSR count). The Morgan fingerprint density at radius 2 is 2.00 bits per heavy atom. The number of carbonyl (C=O) groups is 3. The smallest absolute Gasteiger partial charge is 0.302 e. The predicted octanol–water partition coefficient (Wildman–Crippen LogP) is 1.90. The second-order valence-corrected chi connectivity index (χ2v) is 4.34. The lowest BCUT2D eigenvalue weighted by Gasteiger charge is -2.09. The van der Waals surface area contributed by atoms with Gasteiger partial charge in [-0.2, -0.15) is 5.26 Å². The molecule has 104 valence electrons. The van der Waals surface area contributed by atoms with Gasteiger partial charge in [-0.15, -0.1) is 0 Å². The lowest BCUT2D eigenvalue weighted by Crippen LogP contribution is -2.13. The van der Waals surface area contributed by atoms with Crippen molar-refractivity contribution in [2.45, 2.75) is 19.8 Å². The second-order valence-electron chi connectivity index (χ2n) is 4.34. The van der Waals surface area contributed by atoms with Crippen LogP contribution in [0.3, 0.4) is 0 Å². The molecule has 0 aliphatic rings. The van der Waals surface area contributed by atoms with Crippen LogP contribution in [0.15, 0.2) is 24.3 Å². The van der Waals surface area contributed by atoms with Crippen LogP contribution in [0.5, 0.6) is 0 Å². The highest BCUT2D eigenvalue weighted by Gasteiger charge is 2.15. The summed E-state index contributed by atoms with van der Waals surface area (Å²) in [6.45, 7) is 1.41. The van der Waals surface area contributed by atoms with E-state index in [-0.39, 0.29) is 18.8 Å². The van der Waals surface area contributed by atoms with Gasteiger partial charge in [-0.25, -0.2) is 0 Å². The number of hydrogen-bond acceptors (Lipinski definition) is 5. The molecular formula is C15H15NO4. The van der Waals surface area contributed by atoms with Gasteiger partial charge in [0.1, 0.15) is 6.29 Å². The Morgan fingerprint density at radius 1 is 1.35 bits per heavy atom. The van der Waals surface area contributed by atoms with E-state index in [0.717, 1.165) is 0 Å². The van der Waals surface area contributed by atoms with Gasteiger partial charge >= 0.3 is 5.97 Å². The van der Waals surface area contributed by atoms with E-state index in [1.807, 2.05) is 6.07 Å². The molecule has 0 N–H and O–H groups in total. The van der Waals surface area contributed by atoms with Crippen molar-refractivity contribution < 1.29 is 19.1 Å². The Morgan fingerprint density at radius 3 is 2.50 bits per heavy atom. The van der Waals surface area contributed by atoms with Gasteiger partial charge in [-0.3, -0.25) is 9.59 Å². The highest BCUT2D eigenvalue weighted by Crippen LogP contribution is 2.13. The van der Waals surface area contributed by atoms with Crippen molar-refractivity contribution in [3.8, 4) is 6.07 Å². The summed E-state index contributed by atoms with van der Waals surface area (Å²) in [6.07, 6.45) is 1.09. The monoisotopic (exact) mass is 273 g/mol. The van der Waals surface area contributed by atoms with Crippen molar-refractivity contribution in [2.75, 3.05) is 6.61 Å². The Balaban J connectivity index is 2.55. The van der Waals surface area contributed by atoms with Gasteiger partial charge in [0.15, 0.2) is 5.78 Å². The number of hydrogen-bond donors (Lipinski definition) is 0. The average molecular weight is 273 g/mol. The molecule has 0 saturated carbocycles. The summed E-state index contributed by atoms with van der Waals surface area (Å²) in [5.74, 6) is -1.06. The highest BCUT2D eigenvalue weighted by molar-refractivity contribution is 5.97. The number of ether oxygens (including phenoxy) is 1. The van der Waals surface area contributed by atoms with Crippen LogP contribution in [0, 0.1) is 17.2 Å². The molecule has 1 atom stereocenters. The molecule has 0 spiro atoms. The number of nitriles is 1. The Labute approximate surface area is 117 Å². The summed E-state index contributed by atoms with van der Waals surface area (Å²) >= 11 is 0. The van der Waals surface area contributed by atoms with Gasteiger partial charge in [0.2, 0.25) is 0 Å². The SMILES string of the molecule is CC(=O)OCCC(C=O)CC(=O)c1ccc(C#N)cc1. The minimum Gasteiger partial charge on any atom is -0.466 e. The molecule has 0 saturated heterocycles. The van der Waals surface area contributed by atoms with Crippen molar-refractivity contribution in [1.29, 1.82) is 5.26 Å². The van der Waals surface area contributed by atoms with E-state index in [0.29, 0.717) is 23.8 Å². The standard InChI is InChI=1S/C15H15NO4/c1-11(18)20-7-6-13(10-17)8-15(19)14-4-2-12(9-16)3-5-14/h2-5,10,13H,6-8H2,1H3. The Hall–Kier alpha value is -2.48. The summed E-state index contributed by atoms with van der Waals surface area (Å²) in [7, 11) is 0. The maximum Gasteiger partial charge on any atom is 0.302 e. The maximum absolute atomic E-state index is 12.0. The van der Waals surface area contributed by atoms with E-state index in [1.165, 1.54) is 6.92 Å². The first-order valence-electron chi connectivity index (χ1n) is 6.19. The molecule has 0 heterocycles. The van der Waals surface area contributed by atoms with E-state index in [4.69, 9.17) is 10.00 Å². The molecule has 0 bridgehead atoms. The van der Waals surface area contributed by atoms with Crippen molar-refractivity contribution in [2.24, 2.45) is 5.92 Å². The first kappa shape index (κ1) is 15.6. The summed E-state index contributed by atoms with van der Waals surface area (Å²) in [5.41, 5.74) is 0.937. The molecule has 1 aromatic rings. The maximum atomic E-state index is 12.0. The zero-order valence-corrected chi connectivity index (χ0v) is 11.2. The molecule has 0 aliphatic carbocycles. The Kier molecular flexibility index (Phi) is 6.11. The van der Waals surface area contributed by atoms with Crippen LogP contribution >= 0.6 is 0 Å². The topological polar surface area (TPSA) is 84.2 Å². The number of Topliss-reactive ketones (excluding diaryl/α,β-unsaturated/α-hetero) is 1. The predicted molar refractivity (Wildman–Crippen MR) is 70.9 cm³/mol. The van der Waals surface area contributed by atoms with Crippen LogP contribution in [-0.4, -0.2) is 24.6 Å². The number of rotatable bonds is 7. The zero-order chi connectivity index (χ0) is 15.0. The molecular weight excluding hydrogens is 258 g/mol. The van der Waals surface area contributed by atoms with Gasteiger partial charge < -0.3 is 9.53 Å². The fraction of sp³-hybridized carbons (Fsp3) is 0.333. The molecule has 0 fully saturated rings. The lowest BCUT2D eigenvalue weighted by atomic mass is 9.96. The van der Waals surface area contributed by atoms with Crippen LogP contribution in [0.1, 0.15) is 35.7 Å². The lowest BCUT2D eigenvalue weighted by molar-refractivity contribution is -0.141. The third kappa shape index (κ3) is 5.02. The first-order chi connectivity index (χ1) is 9.56. The number of nitrogens with zero attached hydrogens (tertiary/aromatic N) is 1. The van der Waals surface area contributed by atoms with Crippen LogP contribution in [0.4, 0.5) is 0 Å². The highest BCUT2D eigenvalue weighted by atomic mass is 16.5. The summed E-state index contributed by atoms with van der Waals surface area (Å²) < 4.78 is 4.75. The van der Waals surface area contributed by atoms with Crippen LogP contribution in [0.2, 0.25) is 0 Å². The minimum absolute atomic E-state index is 0.0661. The van der Waals surface area contributed by atoms with E-state index < -0.39 is 11.9 Å². The van der Waals surface area contributed by atoms with Crippen molar-refractivity contribution in [3.63, 3.8) is 0 Å². The molecule has 1 aromatic carbocycles. The van der Waals surface area contributed by atoms with Crippen molar-refractivity contribution in [1.82, 2.24) is 0 Å². The largest absolute Gasteiger partial charge is 0.466 e. The molecule has 0 aromatic heterocycles. The fourth-order valence-electron chi connectivity index (χ4n) is 1.66. The molecule has 5 heteroatoms. The molecule has 20 heavy (non-hydrogen) atoms. The first-order valence-corrected chi connectivity index (χ1v) is 6.19. The second kappa shape index (κ2) is 7.85. The van der Waals surface area contributed by atoms with E-state index in [1.54, 1.807) is 24.3 Å².